The number of aryl methyl sites for hydroxylation is 2. The summed E-state index contributed by atoms with van der Waals surface area (Å²) in [5.74, 6) is -0.507. The summed E-state index contributed by atoms with van der Waals surface area (Å²) in [5, 5.41) is 0.311. The molecule has 4 aromatic rings. The molecule has 0 amide bonds. The number of ether oxygens (including phenoxy) is 1. The van der Waals surface area contributed by atoms with Crippen molar-refractivity contribution in [2.75, 3.05) is 6.61 Å². The Bertz CT molecular complexity index is 1360. The second-order valence-electron chi connectivity index (χ2n) is 7.18. The van der Waals surface area contributed by atoms with E-state index < -0.39 is 17.2 Å². The van der Waals surface area contributed by atoms with Crippen LogP contribution in [-0.4, -0.2) is 27.1 Å². The van der Waals surface area contributed by atoms with Gasteiger partial charge in [0, 0.05) is 11.4 Å². The Kier molecular flexibility index (Phi) is 5.75. The molecule has 0 aliphatic carbocycles. The molecule has 31 heavy (non-hydrogen) atoms. The standard InChI is InChI=1S/C24H21N3O4/c1-16-7-5-8-18(25-16)9-6-14-31-23(29)17-12-13-20-21(15-17)26-24(30)27(22(20)28)19-10-3-2-4-11-19/h2-5,7-8,10-13,15H,6,9,14H2,1H3,(H,26,30). The number of hydrogen-bond acceptors (Lipinski definition) is 5. The fraction of sp³-hybridized carbons (Fsp3) is 0.167. The van der Waals surface area contributed by atoms with Crippen molar-refractivity contribution in [3.05, 3.63) is 105 Å². The zero-order chi connectivity index (χ0) is 21.8. The maximum Gasteiger partial charge on any atom is 0.338 e. The number of para-hydroxylation sites is 1. The first-order chi connectivity index (χ1) is 15.0. The molecule has 2 heterocycles. The Morgan fingerprint density at radius 2 is 1.84 bits per heavy atom. The number of esters is 1. The molecular weight excluding hydrogens is 394 g/mol. The molecule has 2 aromatic heterocycles. The molecule has 7 nitrogen and oxygen atoms in total. The predicted octanol–water partition coefficient (Wildman–Crippen LogP) is 3.17. The third-order valence-electron chi connectivity index (χ3n) is 4.90. The zero-order valence-corrected chi connectivity index (χ0v) is 17.0. The number of benzene rings is 2. The van der Waals surface area contributed by atoms with E-state index in [2.05, 4.69) is 9.97 Å². The lowest BCUT2D eigenvalue weighted by molar-refractivity contribution is 0.0500. The minimum Gasteiger partial charge on any atom is -0.462 e. The fourth-order valence-electron chi connectivity index (χ4n) is 3.40. The van der Waals surface area contributed by atoms with E-state index >= 15 is 0 Å². The molecule has 0 unspecified atom stereocenters. The second kappa shape index (κ2) is 8.79. The number of nitrogens with zero attached hydrogens (tertiary/aromatic N) is 2. The molecule has 0 radical (unpaired) electrons. The van der Waals surface area contributed by atoms with E-state index in [1.807, 2.05) is 25.1 Å². The number of rotatable bonds is 6. The molecule has 0 saturated carbocycles. The van der Waals surface area contributed by atoms with Gasteiger partial charge in [-0.15, -0.1) is 0 Å². The van der Waals surface area contributed by atoms with Gasteiger partial charge in [-0.25, -0.2) is 14.2 Å². The molecule has 1 N–H and O–H groups in total. The molecular formula is C24H21N3O4. The Hall–Kier alpha value is -4.00. The lowest BCUT2D eigenvalue weighted by Gasteiger charge is -2.08. The molecule has 156 valence electrons. The lowest BCUT2D eigenvalue weighted by Crippen LogP contribution is -2.33. The van der Waals surface area contributed by atoms with Crippen LogP contribution in [0.4, 0.5) is 0 Å². The Morgan fingerprint density at radius 1 is 1.03 bits per heavy atom. The van der Waals surface area contributed by atoms with Gasteiger partial charge in [-0.05, 0) is 62.2 Å². The number of hydrogen-bond donors (Lipinski definition) is 1. The normalized spacial score (nSPS) is 10.9. The van der Waals surface area contributed by atoms with Crippen molar-refractivity contribution in [3.63, 3.8) is 0 Å². The highest BCUT2D eigenvalue weighted by Crippen LogP contribution is 2.12. The van der Waals surface area contributed by atoms with Gasteiger partial charge in [-0.1, -0.05) is 24.3 Å². The summed E-state index contributed by atoms with van der Waals surface area (Å²) in [6.45, 7) is 2.18. The summed E-state index contributed by atoms with van der Waals surface area (Å²) in [6.07, 6.45) is 1.35. The number of carbonyl (C=O) groups is 1. The lowest BCUT2D eigenvalue weighted by atomic mass is 10.1. The van der Waals surface area contributed by atoms with Gasteiger partial charge in [0.05, 0.1) is 28.8 Å². The van der Waals surface area contributed by atoms with E-state index in [4.69, 9.17) is 4.74 Å². The number of H-pyrrole nitrogens is 1. The van der Waals surface area contributed by atoms with Gasteiger partial charge in [0.2, 0.25) is 0 Å². The smallest absolute Gasteiger partial charge is 0.338 e. The average molecular weight is 415 g/mol. The first-order valence-electron chi connectivity index (χ1n) is 9.97. The Morgan fingerprint density at radius 3 is 2.61 bits per heavy atom. The molecule has 4 rings (SSSR count). The first kappa shape index (κ1) is 20.3. The molecule has 0 aliphatic heterocycles. The van der Waals surface area contributed by atoms with Crippen molar-refractivity contribution in [1.29, 1.82) is 0 Å². The number of aromatic amines is 1. The van der Waals surface area contributed by atoms with Crippen molar-refractivity contribution in [2.24, 2.45) is 0 Å². The molecule has 0 aliphatic rings. The second-order valence-corrected chi connectivity index (χ2v) is 7.18. The topological polar surface area (TPSA) is 94.0 Å². The molecule has 7 heteroatoms. The van der Waals surface area contributed by atoms with E-state index in [-0.39, 0.29) is 12.2 Å². The van der Waals surface area contributed by atoms with Crippen LogP contribution < -0.4 is 11.2 Å². The van der Waals surface area contributed by atoms with Crippen LogP contribution in [0.1, 0.15) is 28.2 Å². The fourth-order valence-corrected chi connectivity index (χ4v) is 3.40. The molecule has 0 spiro atoms. The monoisotopic (exact) mass is 415 g/mol. The van der Waals surface area contributed by atoms with Crippen LogP contribution >= 0.6 is 0 Å². The maximum atomic E-state index is 12.8. The highest BCUT2D eigenvalue weighted by molar-refractivity contribution is 5.94. The van der Waals surface area contributed by atoms with Gasteiger partial charge in [0.1, 0.15) is 0 Å². The van der Waals surface area contributed by atoms with Crippen LogP contribution in [0.3, 0.4) is 0 Å². The van der Waals surface area contributed by atoms with Crippen molar-refractivity contribution < 1.29 is 9.53 Å². The SMILES string of the molecule is Cc1cccc(CCCOC(=O)c2ccc3c(=O)n(-c4ccccc4)c(=O)[nH]c3c2)n1. The van der Waals surface area contributed by atoms with Crippen molar-refractivity contribution in [3.8, 4) is 5.69 Å². The third kappa shape index (κ3) is 4.45. The van der Waals surface area contributed by atoms with E-state index in [0.29, 0.717) is 29.4 Å². The van der Waals surface area contributed by atoms with E-state index in [0.717, 1.165) is 16.0 Å². The van der Waals surface area contributed by atoms with Gasteiger partial charge >= 0.3 is 11.7 Å². The largest absolute Gasteiger partial charge is 0.462 e. The van der Waals surface area contributed by atoms with Crippen LogP contribution in [0.5, 0.6) is 0 Å². The number of aromatic nitrogens is 3. The van der Waals surface area contributed by atoms with Crippen LogP contribution in [0.25, 0.3) is 16.6 Å². The number of carbonyl (C=O) groups excluding carboxylic acids is 1. The summed E-state index contributed by atoms with van der Waals surface area (Å²) in [5.41, 5.74) is 1.92. The Labute approximate surface area is 178 Å². The van der Waals surface area contributed by atoms with Crippen molar-refractivity contribution in [1.82, 2.24) is 14.5 Å². The van der Waals surface area contributed by atoms with Crippen LogP contribution in [0.15, 0.2) is 76.3 Å². The highest BCUT2D eigenvalue weighted by atomic mass is 16.5. The molecule has 0 bridgehead atoms. The summed E-state index contributed by atoms with van der Waals surface area (Å²) < 4.78 is 6.41. The van der Waals surface area contributed by atoms with Crippen LogP contribution in [-0.2, 0) is 11.2 Å². The Balaban J connectivity index is 1.49. The van der Waals surface area contributed by atoms with Crippen LogP contribution in [0, 0.1) is 6.92 Å². The van der Waals surface area contributed by atoms with Crippen LogP contribution in [0.2, 0.25) is 0 Å². The van der Waals surface area contributed by atoms with E-state index in [1.54, 1.807) is 30.3 Å². The number of fused-ring (bicyclic) bond motifs is 1. The maximum absolute atomic E-state index is 12.8. The average Bonchev–Trinajstić information content (AvgIpc) is 2.77. The van der Waals surface area contributed by atoms with Crippen molar-refractivity contribution in [2.45, 2.75) is 19.8 Å². The molecule has 2 aromatic carbocycles. The van der Waals surface area contributed by atoms with Gasteiger partial charge in [0.25, 0.3) is 5.56 Å². The minimum absolute atomic E-state index is 0.249. The van der Waals surface area contributed by atoms with Gasteiger partial charge in [0.15, 0.2) is 0 Å². The number of nitrogens with one attached hydrogen (secondary N) is 1. The zero-order valence-electron chi connectivity index (χ0n) is 17.0. The highest BCUT2D eigenvalue weighted by Gasteiger charge is 2.13. The van der Waals surface area contributed by atoms with Gasteiger partial charge in [-0.2, -0.15) is 0 Å². The molecule has 0 saturated heterocycles. The van der Waals surface area contributed by atoms with Gasteiger partial charge in [-0.3, -0.25) is 9.78 Å². The summed E-state index contributed by atoms with van der Waals surface area (Å²) in [7, 11) is 0. The minimum atomic E-state index is -0.570. The summed E-state index contributed by atoms with van der Waals surface area (Å²) >= 11 is 0. The molecule has 0 atom stereocenters. The summed E-state index contributed by atoms with van der Waals surface area (Å²) in [6, 6.07) is 19.0. The number of pyridine rings is 1. The molecule has 0 fully saturated rings. The quantitative estimate of drug-likeness (QED) is 0.386. The van der Waals surface area contributed by atoms with E-state index in [9.17, 15) is 14.4 Å². The third-order valence-corrected chi connectivity index (χ3v) is 4.90. The van der Waals surface area contributed by atoms with Crippen molar-refractivity contribution >= 4 is 16.9 Å². The predicted molar refractivity (Wildman–Crippen MR) is 118 cm³/mol. The van der Waals surface area contributed by atoms with Gasteiger partial charge < -0.3 is 9.72 Å². The van der Waals surface area contributed by atoms with E-state index in [1.165, 1.54) is 18.2 Å². The first-order valence-corrected chi connectivity index (χ1v) is 9.97. The summed E-state index contributed by atoms with van der Waals surface area (Å²) in [4.78, 5) is 44.8.